The molecule has 0 saturated heterocycles. The Bertz CT molecular complexity index is 3300. The van der Waals surface area contributed by atoms with E-state index in [9.17, 15) is 42.9 Å². The maximum Gasteiger partial charge on any atom is 0.270 e. The number of carbonyl (C=O) groups excluding carboxylic acids is 2. The van der Waals surface area contributed by atoms with E-state index in [0.29, 0.717) is 0 Å². The fraction of sp³-hybridized carbons (Fsp3) is 0.250. The second kappa shape index (κ2) is 15.1. The number of hydrogen-bond donors (Lipinski definition) is 0. The Balaban J connectivity index is 0.959. The molecule has 8 aliphatic carbocycles. The van der Waals surface area contributed by atoms with E-state index in [4.69, 9.17) is 6.57 Å². The first-order chi connectivity index (χ1) is 32.9. The molecule has 8 aliphatic rings. The molecule has 2 atom stereocenters. The molecular formula is C56H34F4N4O2S2. The van der Waals surface area contributed by atoms with Crippen LogP contribution in [0.3, 0.4) is 0 Å². The highest BCUT2D eigenvalue weighted by atomic mass is 32.1. The van der Waals surface area contributed by atoms with E-state index in [1.165, 1.54) is 33.4 Å². The molecule has 2 spiro atoms. The van der Waals surface area contributed by atoms with Crippen LogP contribution >= 0.6 is 22.7 Å². The summed E-state index contributed by atoms with van der Waals surface area (Å²) in [5, 5.41) is 29.8. The maximum absolute atomic E-state index is 14.6. The van der Waals surface area contributed by atoms with E-state index in [2.05, 4.69) is 41.3 Å². The monoisotopic (exact) mass is 934 g/mol. The molecule has 68 heavy (non-hydrogen) atoms. The molecule has 2 saturated carbocycles. The number of nitrogens with zero attached hydrogens (tertiary/aromatic N) is 4. The number of carbonyl (C=O) groups is 2. The second-order valence-corrected chi connectivity index (χ2v) is 21.0. The van der Waals surface area contributed by atoms with Gasteiger partial charge in [-0.3, -0.25) is 9.59 Å². The summed E-state index contributed by atoms with van der Waals surface area (Å²) in [5.74, 6) is -5.72. The van der Waals surface area contributed by atoms with Crippen molar-refractivity contribution < 1.29 is 27.2 Å². The lowest BCUT2D eigenvalue weighted by molar-refractivity contribution is 0.103. The molecule has 0 aliphatic heterocycles. The average molecular weight is 935 g/mol. The molecule has 12 rings (SSSR count). The second-order valence-electron chi connectivity index (χ2n) is 18.9. The Hall–Kier alpha value is -7.22. The molecule has 12 heteroatoms. The molecule has 2 aromatic heterocycles. The van der Waals surface area contributed by atoms with Gasteiger partial charge in [-0.25, -0.2) is 27.7 Å². The highest BCUT2D eigenvalue weighted by molar-refractivity contribution is 7.14. The number of fused-ring (bicyclic) bond motifs is 13. The van der Waals surface area contributed by atoms with Gasteiger partial charge in [0.2, 0.25) is 0 Å². The van der Waals surface area contributed by atoms with E-state index >= 15 is 0 Å². The molecule has 4 aromatic rings. The number of Topliss-reactive ketones (excluding diaryl/α,β-unsaturated/α-hetero) is 2. The molecule has 0 N–H and O–H groups in total. The van der Waals surface area contributed by atoms with Crippen molar-refractivity contribution in [2.45, 2.75) is 75.0 Å². The third-order valence-corrected chi connectivity index (χ3v) is 17.8. The van der Waals surface area contributed by atoms with Gasteiger partial charge in [-0.1, -0.05) is 62.8 Å². The summed E-state index contributed by atoms with van der Waals surface area (Å²) >= 11 is 3.11. The largest absolute Gasteiger partial charge is 0.289 e. The van der Waals surface area contributed by atoms with Crippen molar-refractivity contribution >= 4 is 68.7 Å². The minimum absolute atomic E-state index is 0.0119. The van der Waals surface area contributed by atoms with Gasteiger partial charge in [0.15, 0.2) is 34.8 Å². The van der Waals surface area contributed by atoms with Crippen molar-refractivity contribution in [2.24, 2.45) is 11.8 Å². The Labute approximate surface area is 396 Å². The van der Waals surface area contributed by atoms with E-state index in [-0.39, 0.29) is 78.5 Å². The molecule has 2 unspecified atom stereocenters. The lowest BCUT2D eigenvalue weighted by atomic mass is 9.63. The van der Waals surface area contributed by atoms with E-state index < -0.39 is 34.8 Å². The molecule has 0 amide bonds. The molecule has 0 radical (unpaired) electrons. The molecular weight excluding hydrogens is 901 g/mol. The number of allylic oxidation sites excluding steroid dienone is 14. The Kier molecular flexibility index (Phi) is 9.39. The van der Waals surface area contributed by atoms with Crippen molar-refractivity contribution in [1.29, 1.82) is 15.8 Å². The normalized spacial score (nSPS) is 23.8. The number of halogens is 4. The zero-order chi connectivity index (χ0) is 47.0. The van der Waals surface area contributed by atoms with Crippen molar-refractivity contribution in [3.8, 4) is 18.2 Å². The lowest BCUT2D eigenvalue weighted by Gasteiger charge is -2.40. The predicted molar refractivity (Wildman–Crippen MR) is 252 cm³/mol. The van der Waals surface area contributed by atoms with Crippen LogP contribution in [0.25, 0.3) is 39.3 Å². The SMILES string of the molecule is [C-]#[N+]/C(C#N)=C1\C(=C\c2cc3c(s2)C2=CC4C=C5C(=CC4C=C2C32CCCCC2)c2sc(/C=C3\C(=O)c4cc(F)c(F)cc4C3=C(C#N)C#N)cc2C52CCCCC2)C(=O)c2cc(F)c(F)cc21. The van der Waals surface area contributed by atoms with Gasteiger partial charge in [0.05, 0.1) is 12.6 Å². The molecule has 2 heterocycles. The third-order valence-electron chi connectivity index (χ3n) is 15.6. The van der Waals surface area contributed by atoms with Crippen LogP contribution in [0.4, 0.5) is 17.6 Å². The summed E-state index contributed by atoms with van der Waals surface area (Å²) in [7, 11) is 0. The minimum atomic E-state index is -1.18. The van der Waals surface area contributed by atoms with Gasteiger partial charge < -0.3 is 0 Å². The Morgan fingerprint density at radius 3 is 1.41 bits per heavy atom. The quantitative estimate of drug-likeness (QED) is 0.0860. The lowest BCUT2D eigenvalue weighted by Crippen LogP contribution is -2.31. The van der Waals surface area contributed by atoms with Crippen LogP contribution in [0, 0.1) is 75.7 Å². The minimum Gasteiger partial charge on any atom is -0.289 e. The van der Waals surface area contributed by atoms with E-state index in [1.54, 1.807) is 34.8 Å². The van der Waals surface area contributed by atoms with Crippen LogP contribution in [0.1, 0.15) is 127 Å². The maximum atomic E-state index is 14.6. The number of thiophene rings is 2. The zero-order valence-electron chi connectivity index (χ0n) is 36.1. The summed E-state index contributed by atoms with van der Waals surface area (Å²) in [5.41, 5.74) is 6.21. The number of ketones is 2. The smallest absolute Gasteiger partial charge is 0.270 e. The average Bonchev–Trinajstić information content (AvgIpc) is 4.17. The van der Waals surface area contributed by atoms with Gasteiger partial charge in [-0.2, -0.15) is 10.5 Å². The van der Waals surface area contributed by atoms with Gasteiger partial charge in [0.25, 0.3) is 5.70 Å². The predicted octanol–water partition coefficient (Wildman–Crippen LogP) is 13.9. The summed E-state index contributed by atoms with van der Waals surface area (Å²) in [6.45, 7) is 7.70. The number of benzene rings is 2. The third kappa shape index (κ3) is 5.75. The fourth-order valence-electron chi connectivity index (χ4n) is 12.7. The first-order valence-electron chi connectivity index (χ1n) is 22.7. The van der Waals surface area contributed by atoms with Crippen molar-refractivity contribution in [1.82, 2.24) is 0 Å². The summed E-state index contributed by atoms with van der Waals surface area (Å²) in [6.07, 6.45) is 23.3. The van der Waals surface area contributed by atoms with Crippen LogP contribution in [-0.2, 0) is 10.8 Å². The van der Waals surface area contributed by atoms with Crippen LogP contribution in [0.2, 0.25) is 0 Å². The number of hydrogen-bond acceptors (Lipinski definition) is 7. The van der Waals surface area contributed by atoms with Crippen molar-refractivity contribution in [3.63, 3.8) is 0 Å². The summed E-state index contributed by atoms with van der Waals surface area (Å²) < 4.78 is 58.1. The van der Waals surface area contributed by atoms with Gasteiger partial charge in [0, 0.05) is 75.6 Å². The number of rotatable bonds is 2. The molecule has 330 valence electrons. The van der Waals surface area contributed by atoms with Gasteiger partial charge in [-0.05, 0) is 119 Å². The zero-order valence-corrected chi connectivity index (χ0v) is 37.7. The van der Waals surface area contributed by atoms with Crippen LogP contribution in [0.15, 0.2) is 94.3 Å². The highest BCUT2D eigenvalue weighted by Gasteiger charge is 2.52. The number of nitriles is 3. The van der Waals surface area contributed by atoms with Crippen LogP contribution in [0.5, 0.6) is 0 Å². The Morgan fingerprint density at radius 2 is 1.00 bits per heavy atom. The Morgan fingerprint density at radius 1 is 0.588 bits per heavy atom. The summed E-state index contributed by atoms with van der Waals surface area (Å²) in [6, 6.07) is 13.3. The fourth-order valence-corrected chi connectivity index (χ4v) is 15.2. The van der Waals surface area contributed by atoms with E-state index in [1.807, 2.05) is 18.2 Å². The highest BCUT2D eigenvalue weighted by Crippen LogP contribution is 2.65. The molecule has 2 fully saturated rings. The topological polar surface area (TPSA) is 110 Å². The molecule has 6 nitrogen and oxygen atoms in total. The van der Waals surface area contributed by atoms with Crippen molar-refractivity contribution in [3.05, 3.63) is 182 Å². The summed E-state index contributed by atoms with van der Waals surface area (Å²) in [4.78, 5) is 34.9. The first kappa shape index (κ1) is 42.2. The van der Waals surface area contributed by atoms with Crippen LogP contribution < -0.4 is 0 Å². The molecule has 0 bridgehead atoms. The van der Waals surface area contributed by atoms with Crippen LogP contribution in [-0.4, -0.2) is 11.6 Å². The first-order valence-corrected chi connectivity index (χ1v) is 24.3. The molecule has 2 aromatic carbocycles. The van der Waals surface area contributed by atoms with Gasteiger partial charge in [-0.15, -0.1) is 22.7 Å². The van der Waals surface area contributed by atoms with E-state index in [0.717, 1.165) is 108 Å². The van der Waals surface area contributed by atoms with Crippen molar-refractivity contribution in [2.75, 3.05) is 0 Å². The standard InChI is InChI=1S/C56H34F4N4O2S2/c1-64-48(26-63)50-33-21-45(58)47(60)23-35(33)52(66)39(50)17-31-19-43-54(68-31)37-13-28-14-40-36(12-27(28)15-41(37)56(43)10-6-3-7-11-56)53-42(55(40)8-4-2-5-9-55)18-30(67-53)16-38-49(29(24-61)25-62)32-20-44(57)46(59)22-34(32)51(38)65/h12-23,27-28H,2-11H2/b38-16-,39-17-,50-48-. The van der Waals surface area contributed by atoms with Gasteiger partial charge >= 0.3 is 0 Å². The van der Waals surface area contributed by atoms with Gasteiger partial charge in [0.1, 0.15) is 17.7 Å².